The zero-order chi connectivity index (χ0) is 17.4. The number of benzene rings is 1. The second-order valence-electron chi connectivity index (χ2n) is 4.17. The molecule has 0 amide bonds. The summed E-state index contributed by atoms with van der Waals surface area (Å²) in [7, 11) is 1.74. The smallest absolute Gasteiger partial charge is 0.226 e. The largest absolute Gasteiger partial charge is 0.398 e. The summed E-state index contributed by atoms with van der Waals surface area (Å²) in [6.07, 6.45) is 2.83. The summed E-state index contributed by atoms with van der Waals surface area (Å²) in [6.45, 7) is 7.76. The monoisotopic (exact) mass is 332 g/mol. The van der Waals surface area contributed by atoms with Gasteiger partial charge < -0.3 is 21.8 Å². The van der Waals surface area contributed by atoms with Crippen LogP contribution in [0.1, 0.15) is 25.0 Å². The molecule has 1 aromatic heterocycles. The summed E-state index contributed by atoms with van der Waals surface area (Å²) in [5.74, 6) is 1.10. The lowest BCUT2D eigenvalue weighted by molar-refractivity contribution is 1.15. The van der Waals surface area contributed by atoms with Gasteiger partial charge in [-0.1, -0.05) is 26.5 Å². The van der Waals surface area contributed by atoms with Gasteiger partial charge in [-0.05, 0) is 29.8 Å². The van der Waals surface area contributed by atoms with Gasteiger partial charge in [0.15, 0.2) is 0 Å². The Morgan fingerprint density at radius 2 is 1.91 bits per heavy atom. The fraction of sp³-hybridized carbons (Fsp3) is 0.188. The van der Waals surface area contributed by atoms with Crippen molar-refractivity contribution >= 4 is 46.9 Å². The van der Waals surface area contributed by atoms with Gasteiger partial charge >= 0.3 is 0 Å². The van der Waals surface area contributed by atoms with E-state index >= 15 is 0 Å². The van der Waals surface area contributed by atoms with Gasteiger partial charge in [-0.15, -0.1) is 0 Å². The molecule has 122 valence electrons. The zero-order valence-electron chi connectivity index (χ0n) is 13.4. The summed E-state index contributed by atoms with van der Waals surface area (Å²) in [6, 6.07) is 5.27. The lowest BCUT2D eigenvalue weighted by Gasteiger charge is -2.13. The minimum absolute atomic E-state index is 0.121. The normalized spacial score (nSPS) is 9.39. The molecule has 5 N–H and O–H groups in total. The second-order valence-corrected chi connectivity index (χ2v) is 4.51. The van der Waals surface area contributed by atoms with E-state index in [9.17, 15) is 0 Å². The van der Waals surface area contributed by atoms with E-state index in [0.717, 1.165) is 5.69 Å². The summed E-state index contributed by atoms with van der Waals surface area (Å²) < 4.78 is 0. The molecule has 2 aromatic rings. The molecule has 0 aliphatic rings. The minimum Gasteiger partial charge on any atom is -0.398 e. The lowest BCUT2D eigenvalue weighted by Crippen LogP contribution is -2.04. The van der Waals surface area contributed by atoms with Gasteiger partial charge in [0.1, 0.15) is 11.6 Å². The van der Waals surface area contributed by atoms with Crippen LogP contribution >= 0.6 is 11.6 Å². The van der Waals surface area contributed by atoms with Gasteiger partial charge in [0, 0.05) is 30.2 Å². The Hall–Kier alpha value is -2.60. The number of hydrogen-bond donors (Lipinski definition) is 4. The Kier molecular flexibility index (Phi) is 7.02. The van der Waals surface area contributed by atoms with Crippen molar-refractivity contribution in [2.75, 3.05) is 23.4 Å². The van der Waals surface area contributed by atoms with E-state index in [0.29, 0.717) is 28.5 Å². The van der Waals surface area contributed by atoms with Crippen molar-refractivity contribution in [3.05, 3.63) is 41.2 Å². The topological polar surface area (TPSA) is 99.7 Å². The van der Waals surface area contributed by atoms with Gasteiger partial charge in [-0.25, -0.2) is 4.98 Å². The van der Waals surface area contributed by atoms with Gasteiger partial charge in [-0.2, -0.15) is 4.98 Å². The Labute approximate surface area is 141 Å². The van der Waals surface area contributed by atoms with Crippen LogP contribution in [0.25, 0.3) is 6.08 Å². The van der Waals surface area contributed by atoms with Gasteiger partial charge in [-0.3, -0.25) is 0 Å². The average molecular weight is 333 g/mol. The van der Waals surface area contributed by atoms with E-state index in [2.05, 4.69) is 27.2 Å². The van der Waals surface area contributed by atoms with Crippen LogP contribution in [0.3, 0.4) is 0 Å². The van der Waals surface area contributed by atoms with Crippen LogP contribution in [-0.4, -0.2) is 23.2 Å². The Morgan fingerprint density at radius 3 is 2.48 bits per heavy atom. The lowest BCUT2D eigenvalue weighted by atomic mass is 10.1. The van der Waals surface area contributed by atoms with E-state index in [1.54, 1.807) is 31.3 Å². The molecule has 0 radical (unpaired) electrons. The molecule has 2 rings (SSSR count). The van der Waals surface area contributed by atoms with E-state index in [4.69, 9.17) is 22.7 Å². The van der Waals surface area contributed by atoms with Crippen LogP contribution in [0.4, 0.5) is 23.0 Å². The summed E-state index contributed by atoms with van der Waals surface area (Å²) in [4.78, 5) is 8.26. The van der Waals surface area contributed by atoms with E-state index in [1.807, 2.05) is 13.8 Å². The predicted octanol–water partition coefficient (Wildman–Crippen LogP) is 4.16. The van der Waals surface area contributed by atoms with Crippen molar-refractivity contribution in [2.24, 2.45) is 0 Å². The van der Waals surface area contributed by atoms with Gasteiger partial charge in [0.25, 0.3) is 0 Å². The van der Waals surface area contributed by atoms with Crippen LogP contribution in [0, 0.1) is 5.41 Å². The van der Waals surface area contributed by atoms with Crippen molar-refractivity contribution in [1.82, 2.24) is 9.97 Å². The molecule has 23 heavy (non-hydrogen) atoms. The SMILES string of the molecule is C=Cc1c(NC)nc(Cl)nc1Nc1ccc(N)c(C=N)c1.CC. The number of halogens is 1. The summed E-state index contributed by atoms with van der Waals surface area (Å²) >= 11 is 5.92. The van der Waals surface area contributed by atoms with Crippen molar-refractivity contribution in [3.63, 3.8) is 0 Å². The first-order chi connectivity index (χ1) is 11.1. The first-order valence-corrected chi connectivity index (χ1v) is 7.51. The third-order valence-electron chi connectivity index (χ3n) is 2.86. The summed E-state index contributed by atoms with van der Waals surface area (Å²) in [5.41, 5.74) is 8.37. The molecule has 0 unspecified atom stereocenters. The molecule has 0 atom stereocenters. The van der Waals surface area contributed by atoms with E-state index in [1.165, 1.54) is 6.21 Å². The molecule has 0 bridgehead atoms. The standard InChI is InChI=1S/C14H15ClN6.C2H6/c1-3-10-12(18-2)20-14(15)21-13(10)19-9-4-5-11(17)8(6-9)7-16;1-2/h3-7,16H,1,17H2,2H3,(H2,18,19,20,21);1-2H3. The van der Waals surface area contributed by atoms with Crippen LogP contribution in [0.5, 0.6) is 0 Å². The van der Waals surface area contributed by atoms with Crippen molar-refractivity contribution in [3.8, 4) is 0 Å². The highest BCUT2D eigenvalue weighted by Crippen LogP contribution is 2.27. The first-order valence-electron chi connectivity index (χ1n) is 7.13. The molecule has 0 saturated carbocycles. The maximum absolute atomic E-state index is 7.33. The van der Waals surface area contributed by atoms with E-state index < -0.39 is 0 Å². The Balaban J connectivity index is 0.00000127. The molecule has 7 heteroatoms. The number of nitrogens with two attached hydrogens (primary N) is 1. The third kappa shape index (κ3) is 4.43. The number of hydrogen-bond acceptors (Lipinski definition) is 6. The molecule has 6 nitrogen and oxygen atoms in total. The highest BCUT2D eigenvalue weighted by Gasteiger charge is 2.11. The average Bonchev–Trinajstić information content (AvgIpc) is 2.57. The zero-order valence-corrected chi connectivity index (χ0v) is 14.2. The summed E-state index contributed by atoms with van der Waals surface area (Å²) in [5, 5.41) is 13.5. The number of anilines is 4. The fourth-order valence-corrected chi connectivity index (χ4v) is 2.00. The molecule has 0 aliphatic carbocycles. The molecule has 0 aliphatic heterocycles. The number of nitrogens with zero attached hydrogens (tertiary/aromatic N) is 2. The molecular formula is C16H21ClN6. The number of nitrogens with one attached hydrogen (secondary N) is 3. The van der Waals surface area contributed by atoms with Crippen LogP contribution in [-0.2, 0) is 0 Å². The van der Waals surface area contributed by atoms with Crippen LogP contribution in [0.15, 0.2) is 24.8 Å². The molecule has 1 aromatic carbocycles. The maximum Gasteiger partial charge on any atom is 0.226 e. The fourth-order valence-electron chi connectivity index (χ4n) is 1.84. The Morgan fingerprint density at radius 1 is 1.26 bits per heavy atom. The van der Waals surface area contributed by atoms with Crippen LogP contribution < -0.4 is 16.4 Å². The van der Waals surface area contributed by atoms with Crippen molar-refractivity contribution in [1.29, 1.82) is 5.41 Å². The molecule has 0 saturated heterocycles. The Bertz CT molecular complexity index is 699. The van der Waals surface area contributed by atoms with Crippen molar-refractivity contribution in [2.45, 2.75) is 13.8 Å². The third-order valence-corrected chi connectivity index (χ3v) is 3.03. The van der Waals surface area contributed by atoms with E-state index in [-0.39, 0.29) is 5.28 Å². The second kappa shape index (κ2) is 8.75. The van der Waals surface area contributed by atoms with Crippen molar-refractivity contribution < 1.29 is 0 Å². The maximum atomic E-state index is 7.33. The predicted molar refractivity (Wildman–Crippen MR) is 100 cm³/mol. The van der Waals surface area contributed by atoms with Crippen LogP contribution in [0.2, 0.25) is 5.28 Å². The molecule has 0 fully saturated rings. The number of nitrogen functional groups attached to an aromatic ring is 1. The quantitative estimate of drug-likeness (QED) is 0.374. The molecule has 1 heterocycles. The minimum atomic E-state index is 0.121. The first kappa shape index (κ1) is 18.4. The number of rotatable bonds is 5. The molecular weight excluding hydrogens is 312 g/mol. The van der Waals surface area contributed by atoms with Gasteiger partial charge in [0.05, 0.1) is 5.56 Å². The number of aromatic nitrogens is 2. The highest BCUT2D eigenvalue weighted by atomic mass is 35.5. The molecule has 0 spiro atoms. The highest BCUT2D eigenvalue weighted by molar-refractivity contribution is 6.28. The van der Waals surface area contributed by atoms with Gasteiger partial charge in [0.2, 0.25) is 5.28 Å².